The number of aryl methyl sites for hydroxylation is 1. The fraction of sp³-hybridized carbons (Fsp3) is 0.120. The minimum atomic E-state index is -0.569. The number of pyridine rings is 2. The van der Waals surface area contributed by atoms with Crippen molar-refractivity contribution in [1.29, 1.82) is 0 Å². The van der Waals surface area contributed by atoms with Crippen LogP contribution in [-0.4, -0.2) is 28.4 Å². The van der Waals surface area contributed by atoms with Crippen LogP contribution >= 0.6 is 0 Å². The van der Waals surface area contributed by atoms with Crippen molar-refractivity contribution in [3.63, 3.8) is 0 Å². The molecule has 2 aromatic carbocycles. The van der Waals surface area contributed by atoms with Crippen molar-refractivity contribution in [3.8, 4) is 5.75 Å². The third-order valence-corrected chi connectivity index (χ3v) is 5.12. The minimum absolute atomic E-state index is 0.0338. The highest BCUT2D eigenvalue weighted by molar-refractivity contribution is 6.10. The lowest BCUT2D eigenvalue weighted by molar-refractivity contribution is -0.116. The third-order valence-electron chi connectivity index (χ3n) is 5.12. The lowest BCUT2D eigenvalue weighted by Gasteiger charge is -2.13. The molecule has 166 valence electrons. The maximum absolute atomic E-state index is 13.9. The highest BCUT2D eigenvalue weighted by atomic mass is 19.1. The molecule has 4 rings (SSSR count). The Bertz CT molecular complexity index is 1430. The van der Waals surface area contributed by atoms with Crippen molar-refractivity contribution in [2.75, 3.05) is 12.4 Å². The first-order valence-electron chi connectivity index (χ1n) is 10.1. The molecule has 1 N–H and O–H groups in total. The van der Waals surface area contributed by atoms with Gasteiger partial charge in [0.15, 0.2) is 5.78 Å². The standard InChI is InChI=1S/C25H20FN3O4/c1-15-7-12-18-24(32)19(23(31)16-8-10-17(33-2)11-9-16)13-29(25(18)27-15)14-22(30)28-21-6-4-3-5-20(21)26/h3-13H,14H2,1-2H3,(H,28,30). The summed E-state index contributed by atoms with van der Waals surface area (Å²) in [6, 6.07) is 15.4. The molecule has 7 nitrogen and oxygen atoms in total. The Balaban J connectivity index is 1.76. The topological polar surface area (TPSA) is 90.3 Å². The molecule has 0 aliphatic carbocycles. The van der Waals surface area contributed by atoms with Crippen molar-refractivity contribution in [2.24, 2.45) is 0 Å². The van der Waals surface area contributed by atoms with E-state index in [1.807, 2.05) is 0 Å². The minimum Gasteiger partial charge on any atom is -0.497 e. The summed E-state index contributed by atoms with van der Waals surface area (Å²) >= 11 is 0. The number of benzene rings is 2. The highest BCUT2D eigenvalue weighted by Gasteiger charge is 2.19. The van der Waals surface area contributed by atoms with Gasteiger partial charge in [-0.2, -0.15) is 0 Å². The molecule has 1 amide bonds. The zero-order chi connectivity index (χ0) is 23.5. The average Bonchev–Trinajstić information content (AvgIpc) is 2.82. The van der Waals surface area contributed by atoms with Gasteiger partial charge in [0.2, 0.25) is 11.3 Å². The molecule has 0 atom stereocenters. The first-order valence-corrected chi connectivity index (χ1v) is 10.1. The number of anilines is 1. The van der Waals surface area contributed by atoms with Crippen LogP contribution in [0.25, 0.3) is 11.0 Å². The number of methoxy groups -OCH3 is 1. The number of halogens is 1. The monoisotopic (exact) mass is 445 g/mol. The number of ketones is 1. The van der Waals surface area contributed by atoms with E-state index < -0.39 is 22.9 Å². The van der Waals surface area contributed by atoms with E-state index in [1.54, 1.807) is 49.4 Å². The molecule has 8 heteroatoms. The maximum Gasteiger partial charge on any atom is 0.244 e. The van der Waals surface area contributed by atoms with E-state index in [1.165, 1.54) is 36.1 Å². The van der Waals surface area contributed by atoms with E-state index in [0.29, 0.717) is 17.0 Å². The van der Waals surface area contributed by atoms with Gasteiger partial charge in [-0.3, -0.25) is 14.4 Å². The van der Waals surface area contributed by atoms with Crippen LogP contribution in [0.1, 0.15) is 21.6 Å². The fourth-order valence-corrected chi connectivity index (χ4v) is 3.45. The van der Waals surface area contributed by atoms with Gasteiger partial charge in [0.25, 0.3) is 0 Å². The van der Waals surface area contributed by atoms with Gasteiger partial charge in [0.05, 0.1) is 23.7 Å². The van der Waals surface area contributed by atoms with Crippen LogP contribution in [0.5, 0.6) is 5.75 Å². The molecule has 2 aromatic heterocycles. The Morgan fingerprint density at radius 2 is 1.79 bits per heavy atom. The zero-order valence-corrected chi connectivity index (χ0v) is 18.0. The summed E-state index contributed by atoms with van der Waals surface area (Å²) in [6.07, 6.45) is 1.32. The van der Waals surface area contributed by atoms with Crippen molar-refractivity contribution in [1.82, 2.24) is 9.55 Å². The lowest BCUT2D eigenvalue weighted by Crippen LogP contribution is -2.25. The number of aromatic nitrogens is 2. The molecule has 33 heavy (non-hydrogen) atoms. The Kier molecular flexibility index (Phi) is 5.99. The van der Waals surface area contributed by atoms with Gasteiger partial charge < -0.3 is 14.6 Å². The molecular weight excluding hydrogens is 425 g/mol. The predicted molar refractivity (Wildman–Crippen MR) is 122 cm³/mol. The third kappa shape index (κ3) is 4.50. The van der Waals surface area contributed by atoms with Crippen molar-refractivity contribution >= 4 is 28.4 Å². The second kappa shape index (κ2) is 9.04. The second-order valence-electron chi connectivity index (χ2n) is 7.41. The van der Waals surface area contributed by atoms with Crippen molar-refractivity contribution in [2.45, 2.75) is 13.5 Å². The molecular formula is C25H20FN3O4. The number of amides is 1. The smallest absolute Gasteiger partial charge is 0.244 e. The predicted octanol–water partition coefficient (Wildman–Crippen LogP) is 3.72. The number of nitrogens with one attached hydrogen (secondary N) is 1. The summed E-state index contributed by atoms with van der Waals surface area (Å²) in [7, 11) is 1.51. The van der Waals surface area contributed by atoms with Gasteiger partial charge in [0, 0.05) is 17.5 Å². The normalized spacial score (nSPS) is 10.8. The molecule has 4 aromatic rings. The zero-order valence-electron chi connectivity index (χ0n) is 18.0. The number of carbonyl (C=O) groups excluding carboxylic acids is 2. The van der Waals surface area contributed by atoms with E-state index in [4.69, 9.17) is 4.74 Å². The van der Waals surface area contributed by atoms with Gasteiger partial charge in [-0.25, -0.2) is 9.37 Å². The number of para-hydroxylation sites is 1. The van der Waals surface area contributed by atoms with Crippen LogP contribution in [0.3, 0.4) is 0 Å². The summed E-state index contributed by atoms with van der Waals surface area (Å²) in [4.78, 5) is 43.3. The average molecular weight is 445 g/mol. The van der Waals surface area contributed by atoms with Crippen LogP contribution in [0, 0.1) is 12.7 Å². The second-order valence-corrected chi connectivity index (χ2v) is 7.41. The number of hydrogen-bond donors (Lipinski definition) is 1. The van der Waals surface area contributed by atoms with Crippen LogP contribution in [0.15, 0.2) is 71.7 Å². The summed E-state index contributed by atoms with van der Waals surface area (Å²) in [5, 5.41) is 2.71. The molecule has 0 fully saturated rings. The van der Waals surface area contributed by atoms with E-state index in [2.05, 4.69) is 10.3 Å². The quantitative estimate of drug-likeness (QED) is 0.457. The van der Waals surface area contributed by atoms with Crippen LogP contribution in [0.2, 0.25) is 0 Å². The molecule has 0 radical (unpaired) electrons. The molecule has 0 saturated heterocycles. The molecule has 0 bridgehead atoms. The molecule has 0 saturated carbocycles. The van der Waals surface area contributed by atoms with E-state index >= 15 is 0 Å². The summed E-state index contributed by atoms with van der Waals surface area (Å²) in [5.41, 5.74) is 0.650. The molecule has 0 aliphatic rings. The number of rotatable bonds is 6. The maximum atomic E-state index is 13.9. The molecule has 0 aliphatic heterocycles. The van der Waals surface area contributed by atoms with Gasteiger partial charge >= 0.3 is 0 Å². The summed E-state index contributed by atoms with van der Waals surface area (Å²) in [5.74, 6) is -1.02. The Morgan fingerprint density at radius 3 is 2.48 bits per heavy atom. The first kappa shape index (κ1) is 21.9. The first-order chi connectivity index (χ1) is 15.9. The van der Waals surface area contributed by atoms with Gasteiger partial charge in [-0.1, -0.05) is 12.1 Å². The van der Waals surface area contributed by atoms with E-state index in [0.717, 1.165) is 0 Å². The highest BCUT2D eigenvalue weighted by Crippen LogP contribution is 2.17. The summed E-state index contributed by atoms with van der Waals surface area (Å²) in [6.45, 7) is 1.48. The number of hydrogen-bond acceptors (Lipinski definition) is 5. The summed E-state index contributed by atoms with van der Waals surface area (Å²) < 4.78 is 20.5. The fourth-order valence-electron chi connectivity index (χ4n) is 3.45. The Morgan fingerprint density at radius 1 is 1.06 bits per heavy atom. The lowest BCUT2D eigenvalue weighted by atomic mass is 10.0. The van der Waals surface area contributed by atoms with Crippen molar-refractivity contribution < 1.29 is 18.7 Å². The van der Waals surface area contributed by atoms with Gasteiger partial charge in [-0.15, -0.1) is 0 Å². The van der Waals surface area contributed by atoms with E-state index in [-0.39, 0.29) is 28.8 Å². The van der Waals surface area contributed by atoms with Crippen LogP contribution in [0.4, 0.5) is 10.1 Å². The molecule has 2 heterocycles. The Hall–Kier alpha value is -4.33. The number of carbonyl (C=O) groups is 2. The number of fused-ring (bicyclic) bond motifs is 1. The van der Waals surface area contributed by atoms with Crippen LogP contribution in [-0.2, 0) is 11.3 Å². The van der Waals surface area contributed by atoms with Crippen LogP contribution < -0.4 is 15.5 Å². The number of nitrogens with zero attached hydrogens (tertiary/aromatic N) is 2. The van der Waals surface area contributed by atoms with Gasteiger partial charge in [-0.05, 0) is 55.5 Å². The molecule has 0 unspecified atom stereocenters. The van der Waals surface area contributed by atoms with Gasteiger partial charge in [0.1, 0.15) is 23.8 Å². The molecule has 0 spiro atoms. The number of ether oxygens (including phenoxy) is 1. The van der Waals surface area contributed by atoms with E-state index in [9.17, 15) is 18.8 Å². The SMILES string of the molecule is COc1ccc(C(=O)c2cn(CC(=O)Nc3ccccc3F)c3nc(C)ccc3c2=O)cc1. The Labute approximate surface area is 188 Å². The van der Waals surface area contributed by atoms with Crippen molar-refractivity contribution in [3.05, 3.63) is 99.7 Å². The largest absolute Gasteiger partial charge is 0.497 e.